The molecule has 1 aromatic carbocycles. The molecule has 1 amide bonds. The lowest BCUT2D eigenvalue weighted by molar-refractivity contribution is -0.137. The number of hydrogen-bond acceptors (Lipinski definition) is 3. The van der Waals surface area contributed by atoms with Crippen molar-refractivity contribution in [1.29, 1.82) is 0 Å². The molecule has 0 N–H and O–H groups in total. The standard InChI is InChI=1S/C20H21F3N2OS/c21-20(22,23)17-5-1-3-15(9-17)19(26)25-11-16-4-2-7-24(18(16)12-25)10-14-6-8-27-13-14/h1,3,5-6,8-9,13,16,18H,2,4,7,10-12H2/t16-,18+/m1/s1. The number of benzene rings is 1. The second-order valence-corrected chi connectivity index (χ2v) is 8.14. The molecule has 2 fully saturated rings. The molecule has 3 nitrogen and oxygen atoms in total. The Hall–Kier alpha value is -1.86. The molecule has 2 aliphatic heterocycles. The normalized spacial score (nSPS) is 23.4. The number of likely N-dealkylation sites (tertiary alicyclic amines) is 2. The highest BCUT2D eigenvalue weighted by atomic mass is 32.1. The van der Waals surface area contributed by atoms with Crippen LogP contribution in [0.5, 0.6) is 0 Å². The van der Waals surface area contributed by atoms with Crippen molar-refractivity contribution in [2.24, 2.45) is 5.92 Å². The zero-order valence-corrected chi connectivity index (χ0v) is 15.6. The predicted molar refractivity (Wildman–Crippen MR) is 98.6 cm³/mol. The summed E-state index contributed by atoms with van der Waals surface area (Å²) in [6.07, 6.45) is -2.28. The maximum Gasteiger partial charge on any atom is 0.416 e. The molecule has 0 spiro atoms. The van der Waals surface area contributed by atoms with Crippen LogP contribution in [0.2, 0.25) is 0 Å². The summed E-state index contributed by atoms with van der Waals surface area (Å²) < 4.78 is 38.9. The van der Waals surface area contributed by atoms with E-state index in [9.17, 15) is 18.0 Å². The third-order valence-electron chi connectivity index (χ3n) is 5.59. The van der Waals surface area contributed by atoms with Crippen LogP contribution >= 0.6 is 11.3 Å². The van der Waals surface area contributed by atoms with E-state index in [0.717, 1.165) is 38.1 Å². The first-order valence-electron chi connectivity index (χ1n) is 9.13. The van der Waals surface area contributed by atoms with Gasteiger partial charge in [-0.1, -0.05) is 6.07 Å². The summed E-state index contributed by atoms with van der Waals surface area (Å²) in [5.74, 6) is 0.0955. The maximum absolute atomic E-state index is 13.0. The Kier molecular flexibility index (Phi) is 4.99. The minimum atomic E-state index is -4.44. The monoisotopic (exact) mass is 394 g/mol. The molecular formula is C20H21F3N2OS. The van der Waals surface area contributed by atoms with Crippen LogP contribution in [0.4, 0.5) is 13.2 Å². The van der Waals surface area contributed by atoms with Crippen LogP contribution in [0.15, 0.2) is 41.1 Å². The molecule has 0 saturated carbocycles. The van der Waals surface area contributed by atoms with E-state index in [4.69, 9.17) is 0 Å². The molecule has 2 atom stereocenters. The van der Waals surface area contributed by atoms with Crippen molar-refractivity contribution in [2.45, 2.75) is 31.6 Å². The summed E-state index contributed by atoms with van der Waals surface area (Å²) in [6, 6.07) is 7.16. The number of halogens is 3. The highest BCUT2D eigenvalue weighted by Crippen LogP contribution is 2.34. The van der Waals surface area contributed by atoms with Crippen LogP contribution in [0.25, 0.3) is 0 Å². The summed E-state index contributed by atoms with van der Waals surface area (Å²) in [7, 11) is 0. The van der Waals surface area contributed by atoms with Crippen molar-refractivity contribution in [1.82, 2.24) is 9.80 Å². The van der Waals surface area contributed by atoms with Crippen LogP contribution in [0, 0.1) is 5.92 Å². The molecule has 0 radical (unpaired) electrons. The number of carbonyl (C=O) groups excluding carboxylic acids is 1. The van der Waals surface area contributed by atoms with Gasteiger partial charge in [-0.15, -0.1) is 0 Å². The lowest BCUT2D eigenvalue weighted by atomic mass is 9.92. The third kappa shape index (κ3) is 3.89. The summed E-state index contributed by atoms with van der Waals surface area (Å²) in [4.78, 5) is 17.0. The zero-order valence-electron chi connectivity index (χ0n) is 14.8. The summed E-state index contributed by atoms with van der Waals surface area (Å²) in [5.41, 5.74) is 0.625. The van der Waals surface area contributed by atoms with E-state index in [0.29, 0.717) is 19.0 Å². The van der Waals surface area contributed by atoms with Crippen molar-refractivity contribution in [3.05, 3.63) is 57.8 Å². The Balaban J connectivity index is 1.49. The first-order chi connectivity index (χ1) is 12.9. The molecule has 0 bridgehead atoms. The van der Waals surface area contributed by atoms with Crippen LogP contribution in [-0.4, -0.2) is 41.4 Å². The Morgan fingerprint density at radius 1 is 1.22 bits per heavy atom. The number of amides is 1. The molecule has 4 rings (SSSR count). The average Bonchev–Trinajstić information content (AvgIpc) is 3.30. The Morgan fingerprint density at radius 3 is 2.81 bits per heavy atom. The van der Waals surface area contributed by atoms with Gasteiger partial charge in [0.05, 0.1) is 5.56 Å². The van der Waals surface area contributed by atoms with Gasteiger partial charge in [-0.2, -0.15) is 24.5 Å². The largest absolute Gasteiger partial charge is 0.416 e. The minimum absolute atomic E-state index is 0.118. The van der Waals surface area contributed by atoms with Gasteiger partial charge in [0.15, 0.2) is 0 Å². The fourth-order valence-electron chi connectivity index (χ4n) is 4.26. The summed E-state index contributed by atoms with van der Waals surface area (Å²) in [5, 5.41) is 4.21. The lowest BCUT2D eigenvalue weighted by Crippen LogP contribution is -2.44. The molecule has 2 aromatic rings. The van der Waals surface area contributed by atoms with Crippen LogP contribution < -0.4 is 0 Å². The molecule has 7 heteroatoms. The average molecular weight is 394 g/mol. The molecule has 0 unspecified atom stereocenters. The van der Waals surface area contributed by atoms with Gasteiger partial charge in [-0.05, 0) is 65.9 Å². The Morgan fingerprint density at radius 2 is 2.07 bits per heavy atom. The topological polar surface area (TPSA) is 23.6 Å². The van der Waals surface area contributed by atoms with E-state index in [-0.39, 0.29) is 17.5 Å². The van der Waals surface area contributed by atoms with Crippen molar-refractivity contribution >= 4 is 17.2 Å². The highest BCUT2D eigenvalue weighted by molar-refractivity contribution is 7.07. The van der Waals surface area contributed by atoms with Crippen LogP contribution in [0.1, 0.15) is 34.3 Å². The van der Waals surface area contributed by atoms with Gasteiger partial charge in [0.25, 0.3) is 5.91 Å². The number of hydrogen-bond donors (Lipinski definition) is 0. The van der Waals surface area contributed by atoms with Gasteiger partial charge in [0.1, 0.15) is 0 Å². The molecule has 1 aromatic heterocycles. The molecule has 27 heavy (non-hydrogen) atoms. The summed E-state index contributed by atoms with van der Waals surface area (Å²) in [6.45, 7) is 3.09. The fourth-order valence-corrected chi connectivity index (χ4v) is 4.92. The smallest absolute Gasteiger partial charge is 0.337 e. The highest BCUT2D eigenvalue weighted by Gasteiger charge is 2.41. The SMILES string of the molecule is O=C(c1cccc(C(F)(F)F)c1)N1C[C@H]2CCCN(Cc3ccsc3)[C@H]2C1. The van der Waals surface area contributed by atoms with E-state index in [1.54, 1.807) is 16.2 Å². The number of carbonyl (C=O) groups is 1. The zero-order chi connectivity index (χ0) is 19.0. The number of rotatable bonds is 3. The van der Waals surface area contributed by atoms with Crippen LogP contribution in [0.3, 0.4) is 0 Å². The number of nitrogens with zero attached hydrogens (tertiary/aromatic N) is 2. The predicted octanol–water partition coefficient (Wildman–Crippen LogP) is 4.50. The van der Waals surface area contributed by atoms with Gasteiger partial charge in [-0.3, -0.25) is 9.69 Å². The molecular weight excluding hydrogens is 373 g/mol. The fraction of sp³-hybridized carbons (Fsp3) is 0.450. The number of fused-ring (bicyclic) bond motifs is 1. The number of alkyl halides is 3. The third-order valence-corrected chi connectivity index (χ3v) is 6.32. The minimum Gasteiger partial charge on any atom is -0.337 e. The molecule has 2 saturated heterocycles. The van der Waals surface area contributed by atoms with Crippen molar-refractivity contribution in [3.63, 3.8) is 0 Å². The maximum atomic E-state index is 13.0. The van der Waals surface area contributed by atoms with Crippen LogP contribution in [-0.2, 0) is 12.7 Å². The number of thiophene rings is 1. The molecule has 2 aliphatic rings. The van der Waals surface area contributed by atoms with Gasteiger partial charge < -0.3 is 4.90 Å². The molecule has 144 valence electrons. The Labute approximate surface area is 160 Å². The van der Waals surface area contributed by atoms with Gasteiger partial charge >= 0.3 is 6.18 Å². The molecule has 3 heterocycles. The molecule has 0 aliphatic carbocycles. The van der Waals surface area contributed by atoms with Crippen molar-refractivity contribution < 1.29 is 18.0 Å². The van der Waals surface area contributed by atoms with E-state index >= 15 is 0 Å². The van der Waals surface area contributed by atoms with Crippen molar-refractivity contribution in [3.8, 4) is 0 Å². The van der Waals surface area contributed by atoms with Crippen molar-refractivity contribution in [2.75, 3.05) is 19.6 Å². The lowest BCUT2D eigenvalue weighted by Gasteiger charge is -2.36. The second kappa shape index (κ2) is 7.28. The quantitative estimate of drug-likeness (QED) is 0.765. The second-order valence-electron chi connectivity index (χ2n) is 7.36. The van der Waals surface area contributed by atoms with E-state index in [1.165, 1.54) is 17.7 Å². The Bertz CT molecular complexity index is 806. The first kappa shape index (κ1) is 18.5. The summed E-state index contributed by atoms with van der Waals surface area (Å²) >= 11 is 1.68. The van der Waals surface area contributed by atoms with E-state index < -0.39 is 11.7 Å². The van der Waals surface area contributed by atoms with Gasteiger partial charge in [-0.25, -0.2) is 0 Å². The first-order valence-corrected chi connectivity index (χ1v) is 10.1. The van der Waals surface area contributed by atoms with E-state index in [2.05, 4.69) is 21.7 Å². The van der Waals surface area contributed by atoms with Gasteiger partial charge in [0, 0.05) is 31.2 Å². The van der Waals surface area contributed by atoms with Gasteiger partial charge in [0.2, 0.25) is 0 Å². The van der Waals surface area contributed by atoms with E-state index in [1.807, 2.05) is 0 Å². The number of piperidine rings is 1.